The van der Waals surface area contributed by atoms with Crippen molar-refractivity contribution in [2.24, 2.45) is 0 Å². The van der Waals surface area contributed by atoms with Crippen LogP contribution in [0.5, 0.6) is 0 Å². The van der Waals surface area contributed by atoms with Crippen molar-refractivity contribution in [1.82, 2.24) is 49.8 Å². The third-order valence-electron chi connectivity index (χ3n) is 9.46. The summed E-state index contributed by atoms with van der Waals surface area (Å²) in [4.78, 5) is 49.6. The smallest absolute Gasteiger partial charge is 0.163 e. The van der Waals surface area contributed by atoms with Gasteiger partial charge in [-0.1, -0.05) is 132 Å². The average Bonchev–Trinajstić information content (AvgIpc) is 3.19. The van der Waals surface area contributed by atoms with Gasteiger partial charge in [0.15, 0.2) is 29.1 Å². The van der Waals surface area contributed by atoms with E-state index in [1.807, 2.05) is 60.7 Å². The standard InChI is InChI=1S/C48H52N10/c1-45(2,3)41-52-36(30-17-14-13-15-18-30)50-39(56-41)34-26-33(29-21-23-49-24-22-29)27-35(28-34)40-51-37(53-42(57-40)46(4,5)6)31-19-16-20-32(25-31)38-54-43(47(7,8)9)58-44(55-38)48(10,11)12/h13-28H,1-12H3. The molecule has 0 aliphatic rings. The minimum Gasteiger partial charge on any atom is -0.265 e. The quantitative estimate of drug-likeness (QED) is 0.161. The van der Waals surface area contributed by atoms with Gasteiger partial charge in [-0.25, -0.2) is 44.9 Å². The molecule has 0 saturated carbocycles. The van der Waals surface area contributed by atoms with Crippen LogP contribution in [0.1, 0.15) is 106 Å². The van der Waals surface area contributed by atoms with Crippen LogP contribution in [0.2, 0.25) is 0 Å². The Balaban J connectivity index is 1.43. The summed E-state index contributed by atoms with van der Waals surface area (Å²) in [7, 11) is 0. The second-order valence-electron chi connectivity index (χ2n) is 18.9. The Labute approximate surface area is 342 Å². The molecule has 0 saturated heterocycles. The second-order valence-corrected chi connectivity index (χ2v) is 18.9. The molecule has 7 rings (SSSR count). The third-order valence-corrected chi connectivity index (χ3v) is 9.46. The molecule has 10 heteroatoms. The topological polar surface area (TPSA) is 129 Å². The molecule has 3 aromatic carbocycles. The first kappa shape index (κ1) is 40.1. The Morgan fingerprint density at radius 2 is 0.603 bits per heavy atom. The highest BCUT2D eigenvalue weighted by molar-refractivity contribution is 5.78. The number of hydrogen-bond acceptors (Lipinski definition) is 10. The summed E-state index contributed by atoms with van der Waals surface area (Å²) in [6.07, 6.45) is 3.59. The van der Waals surface area contributed by atoms with Crippen molar-refractivity contribution in [3.8, 4) is 68.1 Å². The Morgan fingerprint density at radius 3 is 1.03 bits per heavy atom. The lowest BCUT2D eigenvalue weighted by Crippen LogP contribution is -2.24. The van der Waals surface area contributed by atoms with Gasteiger partial charge in [0.2, 0.25) is 0 Å². The maximum Gasteiger partial charge on any atom is 0.163 e. The van der Waals surface area contributed by atoms with Crippen molar-refractivity contribution in [1.29, 1.82) is 0 Å². The Kier molecular flexibility index (Phi) is 10.3. The zero-order chi connectivity index (χ0) is 41.6. The highest BCUT2D eigenvalue weighted by Gasteiger charge is 2.27. The Morgan fingerprint density at radius 1 is 0.276 bits per heavy atom. The molecule has 294 valence electrons. The average molecular weight is 769 g/mol. The van der Waals surface area contributed by atoms with Crippen LogP contribution < -0.4 is 0 Å². The molecule has 0 fully saturated rings. The molecule has 0 radical (unpaired) electrons. The second kappa shape index (κ2) is 15.0. The molecule has 0 N–H and O–H groups in total. The molecule has 58 heavy (non-hydrogen) atoms. The van der Waals surface area contributed by atoms with Gasteiger partial charge < -0.3 is 0 Å². The number of nitrogens with zero attached hydrogens (tertiary/aromatic N) is 10. The minimum absolute atomic E-state index is 0.262. The van der Waals surface area contributed by atoms with Crippen LogP contribution in [-0.2, 0) is 21.7 Å². The summed E-state index contributed by atoms with van der Waals surface area (Å²) >= 11 is 0. The van der Waals surface area contributed by atoms with Crippen molar-refractivity contribution < 1.29 is 0 Å². The first-order valence-corrected chi connectivity index (χ1v) is 19.7. The van der Waals surface area contributed by atoms with E-state index >= 15 is 0 Å². The SMILES string of the molecule is CC(C)(C)c1nc(-c2ccccc2)nc(-c2cc(-c3ccncc3)cc(-c3nc(-c4cccc(-c5nc(C(C)(C)C)nc(C(C)(C)C)n5)c4)nc(C(C)(C)C)n3)c2)n1. The molecular weight excluding hydrogens is 717 g/mol. The molecule has 10 nitrogen and oxygen atoms in total. The summed E-state index contributed by atoms with van der Waals surface area (Å²) < 4.78 is 0. The van der Waals surface area contributed by atoms with Gasteiger partial charge in [-0.05, 0) is 47.5 Å². The van der Waals surface area contributed by atoms with E-state index in [0.717, 1.165) is 50.6 Å². The zero-order valence-corrected chi connectivity index (χ0v) is 35.7. The third kappa shape index (κ3) is 8.86. The number of pyridine rings is 1. The maximum atomic E-state index is 5.19. The van der Waals surface area contributed by atoms with Crippen molar-refractivity contribution in [2.45, 2.75) is 105 Å². The molecule has 4 aromatic heterocycles. The highest BCUT2D eigenvalue weighted by Crippen LogP contribution is 2.35. The van der Waals surface area contributed by atoms with Gasteiger partial charge in [-0.3, -0.25) is 4.98 Å². The van der Waals surface area contributed by atoms with Crippen LogP contribution in [0.4, 0.5) is 0 Å². The maximum absolute atomic E-state index is 5.19. The normalized spacial score (nSPS) is 12.5. The number of rotatable bonds is 6. The van der Waals surface area contributed by atoms with Gasteiger partial charge in [0, 0.05) is 61.9 Å². The van der Waals surface area contributed by atoms with Gasteiger partial charge in [0.25, 0.3) is 0 Å². The highest BCUT2D eigenvalue weighted by atomic mass is 15.1. The molecule has 0 spiro atoms. The number of hydrogen-bond donors (Lipinski definition) is 0. The van der Waals surface area contributed by atoms with E-state index in [1.165, 1.54) is 0 Å². The van der Waals surface area contributed by atoms with E-state index in [0.29, 0.717) is 40.8 Å². The monoisotopic (exact) mass is 768 g/mol. The molecule has 4 heterocycles. The van der Waals surface area contributed by atoms with Crippen LogP contribution in [0.3, 0.4) is 0 Å². The fraction of sp³-hybridized carbons (Fsp3) is 0.333. The molecule has 0 unspecified atom stereocenters. The molecule has 0 aliphatic heterocycles. The predicted octanol–water partition coefficient (Wildman–Crippen LogP) is 10.8. The van der Waals surface area contributed by atoms with Gasteiger partial charge in [-0.15, -0.1) is 0 Å². The van der Waals surface area contributed by atoms with E-state index in [4.69, 9.17) is 44.9 Å². The van der Waals surface area contributed by atoms with Crippen LogP contribution in [-0.4, -0.2) is 49.8 Å². The van der Waals surface area contributed by atoms with Crippen molar-refractivity contribution in [2.75, 3.05) is 0 Å². The van der Waals surface area contributed by atoms with Crippen molar-refractivity contribution in [3.63, 3.8) is 0 Å². The number of aromatic nitrogens is 10. The largest absolute Gasteiger partial charge is 0.265 e. The minimum atomic E-state index is -0.382. The molecule has 7 aromatic rings. The summed E-state index contributed by atoms with van der Waals surface area (Å²) in [6.45, 7) is 25.4. The van der Waals surface area contributed by atoms with Crippen molar-refractivity contribution >= 4 is 0 Å². The molecule has 0 bridgehead atoms. The molecular formula is C48H52N10. The van der Waals surface area contributed by atoms with E-state index in [1.54, 1.807) is 12.4 Å². The summed E-state index contributed by atoms with van der Waals surface area (Å²) in [5.41, 5.74) is 4.94. The summed E-state index contributed by atoms with van der Waals surface area (Å²) in [5.74, 6) is 5.76. The molecule has 0 aliphatic carbocycles. The lowest BCUT2D eigenvalue weighted by Gasteiger charge is -2.22. The fourth-order valence-corrected chi connectivity index (χ4v) is 6.10. The lowest BCUT2D eigenvalue weighted by molar-refractivity contribution is 0.497. The van der Waals surface area contributed by atoms with Crippen LogP contribution in [0.15, 0.2) is 97.3 Å². The van der Waals surface area contributed by atoms with Crippen LogP contribution in [0.25, 0.3) is 68.1 Å². The number of benzene rings is 3. The van der Waals surface area contributed by atoms with Crippen molar-refractivity contribution in [3.05, 3.63) is 121 Å². The van der Waals surface area contributed by atoms with E-state index in [-0.39, 0.29) is 21.7 Å². The van der Waals surface area contributed by atoms with Gasteiger partial charge in [0.1, 0.15) is 23.3 Å². The van der Waals surface area contributed by atoms with E-state index < -0.39 is 0 Å². The van der Waals surface area contributed by atoms with Crippen LogP contribution in [0, 0.1) is 0 Å². The molecule has 0 atom stereocenters. The van der Waals surface area contributed by atoms with Gasteiger partial charge in [0.05, 0.1) is 0 Å². The fourth-order valence-electron chi connectivity index (χ4n) is 6.10. The first-order valence-electron chi connectivity index (χ1n) is 19.7. The Bertz CT molecular complexity index is 2560. The van der Waals surface area contributed by atoms with Gasteiger partial charge in [-0.2, -0.15) is 0 Å². The first-order chi connectivity index (χ1) is 27.2. The lowest BCUT2D eigenvalue weighted by atomic mass is 9.93. The summed E-state index contributed by atoms with van der Waals surface area (Å²) in [6, 6.07) is 28.4. The Hall–Kier alpha value is -6.16. The van der Waals surface area contributed by atoms with Crippen LogP contribution >= 0.6 is 0 Å². The van der Waals surface area contributed by atoms with Gasteiger partial charge >= 0.3 is 0 Å². The predicted molar refractivity (Wildman–Crippen MR) is 232 cm³/mol. The van der Waals surface area contributed by atoms with E-state index in [2.05, 4.69) is 112 Å². The molecule has 0 amide bonds. The summed E-state index contributed by atoms with van der Waals surface area (Å²) in [5, 5.41) is 0. The zero-order valence-electron chi connectivity index (χ0n) is 35.7. The van der Waals surface area contributed by atoms with E-state index in [9.17, 15) is 0 Å².